The highest BCUT2D eigenvalue weighted by Gasteiger charge is 2.24. The van der Waals surface area contributed by atoms with Gasteiger partial charge in [0, 0.05) is 40.7 Å². The lowest BCUT2D eigenvalue weighted by molar-refractivity contribution is -0.121. The summed E-state index contributed by atoms with van der Waals surface area (Å²) in [5.41, 5.74) is 2.68. The molecule has 5 nitrogen and oxygen atoms in total. The number of amides is 1. The van der Waals surface area contributed by atoms with Gasteiger partial charge in [-0.15, -0.1) is 0 Å². The number of anilines is 1. The monoisotopic (exact) mass is 414 g/mol. The Balaban J connectivity index is 1.69. The maximum absolute atomic E-state index is 13.1. The molecule has 0 saturated carbocycles. The third kappa shape index (κ3) is 5.98. The highest BCUT2D eigenvalue weighted by atomic mass is 32.2. The van der Waals surface area contributed by atoms with Gasteiger partial charge < -0.3 is 10.1 Å². The van der Waals surface area contributed by atoms with Crippen molar-refractivity contribution in [3.63, 3.8) is 0 Å². The summed E-state index contributed by atoms with van der Waals surface area (Å²) in [5.74, 6) is 0.439. The van der Waals surface area contributed by atoms with E-state index < -0.39 is 10.8 Å². The van der Waals surface area contributed by atoms with Crippen LogP contribution < -0.4 is 5.32 Å². The van der Waals surface area contributed by atoms with Crippen LogP contribution in [0, 0.1) is 0 Å². The van der Waals surface area contributed by atoms with Crippen molar-refractivity contribution in [2.75, 3.05) is 32.1 Å². The lowest BCUT2D eigenvalue weighted by Gasteiger charge is -2.26. The van der Waals surface area contributed by atoms with Gasteiger partial charge in [0.05, 0.1) is 0 Å². The third-order valence-electron chi connectivity index (χ3n) is 5.35. The fraction of sp³-hybridized carbons (Fsp3) is 0.435. The van der Waals surface area contributed by atoms with Crippen LogP contribution in [0.1, 0.15) is 36.9 Å². The standard InChI is InChI=1S/C23H30N2O3S/c1-3-25(2)22(19-9-5-4-6-10-19)23(26)24-20-11-7-8-18(16-20)17-29(27)21-12-14-28-15-13-21/h4-11,16,21-22H,3,12-15,17H2,1-2H3,(H,24,26). The third-order valence-corrected chi connectivity index (χ3v) is 7.18. The van der Waals surface area contributed by atoms with Crippen molar-refractivity contribution >= 4 is 22.4 Å². The molecule has 1 aliphatic heterocycles. The van der Waals surface area contributed by atoms with Gasteiger partial charge in [0.2, 0.25) is 5.91 Å². The second-order valence-electron chi connectivity index (χ2n) is 7.41. The Morgan fingerprint density at radius 2 is 1.90 bits per heavy atom. The number of nitrogens with one attached hydrogen (secondary N) is 1. The molecule has 1 N–H and O–H groups in total. The van der Waals surface area contributed by atoms with Gasteiger partial charge in [0.1, 0.15) is 6.04 Å². The normalized spacial score (nSPS) is 17.1. The van der Waals surface area contributed by atoms with E-state index in [9.17, 15) is 9.00 Å². The summed E-state index contributed by atoms with van der Waals surface area (Å²) in [6, 6.07) is 17.1. The van der Waals surface area contributed by atoms with Crippen molar-refractivity contribution < 1.29 is 13.7 Å². The maximum Gasteiger partial charge on any atom is 0.246 e. The molecule has 1 fully saturated rings. The number of hydrogen-bond acceptors (Lipinski definition) is 4. The Hall–Kier alpha value is -2.02. The Morgan fingerprint density at radius 3 is 2.59 bits per heavy atom. The van der Waals surface area contributed by atoms with Gasteiger partial charge in [-0.3, -0.25) is 13.9 Å². The average molecular weight is 415 g/mol. The molecule has 1 heterocycles. The van der Waals surface area contributed by atoms with E-state index in [0.29, 0.717) is 19.0 Å². The summed E-state index contributed by atoms with van der Waals surface area (Å²) in [7, 11) is 1.02. The van der Waals surface area contributed by atoms with Crippen molar-refractivity contribution in [3.05, 3.63) is 65.7 Å². The molecule has 0 radical (unpaired) electrons. The Bertz CT molecular complexity index is 822. The number of hydrogen-bond donors (Lipinski definition) is 1. The Labute approximate surface area is 175 Å². The fourth-order valence-corrected chi connectivity index (χ4v) is 5.06. The number of nitrogens with zero attached hydrogens (tertiary/aromatic N) is 1. The van der Waals surface area contributed by atoms with Gasteiger partial charge in [-0.05, 0) is 49.7 Å². The molecule has 0 aliphatic carbocycles. The summed E-state index contributed by atoms with van der Waals surface area (Å²) in [6.07, 6.45) is 1.70. The molecule has 0 aromatic heterocycles. The van der Waals surface area contributed by atoms with Gasteiger partial charge in [0.15, 0.2) is 0 Å². The molecule has 3 rings (SSSR count). The zero-order valence-electron chi connectivity index (χ0n) is 17.2. The topological polar surface area (TPSA) is 58.6 Å². The van der Waals surface area contributed by atoms with Crippen LogP contribution in [0.25, 0.3) is 0 Å². The summed E-state index contributed by atoms with van der Waals surface area (Å²) >= 11 is 0. The van der Waals surface area contributed by atoms with E-state index in [-0.39, 0.29) is 17.2 Å². The van der Waals surface area contributed by atoms with Crippen LogP contribution in [-0.4, -0.2) is 47.1 Å². The first-order valence-corrected chi connectivity index (χ1v) is 11.6. The van der Waals surface area contributed by atoms with Crippen LogP contribution in [0.15, 0.2) is 54.6 Å². The molecule has 0 spiro atoms. The number of ether oxygens (including phenoxy) is 1. The number of likely N-dealkylation sites (N-methyl/N-ethyl adjacent to an activating group) is 1. The molecule has 6 heteroatoms. The minimum absolute atomic E-state index is 0.0664. The van der Waals surface area contributed by atoms with Gasteiger partial charge in [-0.2, -0.15) is 0 Å². The Kier molecular flexibility index (Phi) is 7.98. The largest absolute Gasteiger partial charge is 0.381 e. The minimum atomic E-state index is -0.927. The molecule has 1 saturated heterocycles. The number of carbonyl (C=O) groups is 1. The predicted octanol–water partition coefficient (Wildman–Crippen LogP) is 3.75. The fourth-order valence-electron chi connectivity index (χ4n) is 3.59. The first-order valence-electron chi connectivity index (χ1n) is 10.2. The molecular weight excluding hydrogens is 384 g/mol. The molecular formula is C23H30N2O3S. The molecule has 2 atom stereocenters. The van der Waals surface area contributed by atoms with Crippen LogP contribution >= 0.6 is 0 Å². The second-order valence-corrected chi connectivity index (χ2v) is 9.13. The van der Waals surface area contributed by atoms with Crippen LogP contribution in [0.2, 0.25) is 0 Å². The van der Waals surface area contributed by atoms with Crippen molar-refractivity contribution in [2.24, 2.45) is 0 Å². The van der Waals surface area contributed by atoms with E-state index in [1.54, 1.807) is 0 Å². The summed E-state index contributed by atoms with van der Waals surface area (Å²) in [4.78, 5) is 15.1. The molecule has 2 aromatic rings. The predicted molar refractivity (Wildman–Crippen MR) is 118 cm³/mol. The minimum Gasteiger partial charge on any atom is -0.381 e. The van der Waals surface area contributed by atoms with Crippen molar-refractivity contribution in [1.29, 1.82) is 0 Å². The summed E-state index contributed by atoms with van der Waals surface area (Å²) in [5, 5.41) is 3.25. The molecule has 156 valence electrons. The lowest BCUT2D eigenvalue weighted by Crippen LogP contribution is -2.34. The zero-order valence-corrected chi connectivity index (χ0v) is 18.0. The summed E-state index contributed by atoms with van der Waals surface area (Å²) < 4.78 is 18.0. The van der Waals surface area contributed by atoms with Crippen LogP contribution in [-0.2, 0) is 26.1 Å². The first kappa shape index (κ1) is 21.7. The van der Waals surface area contributed by atoms with Gasteiger partial charge in [-0.25, -0.2) is 0 Å². The van der Waals surface area contributed by atoms with Gasteiger partial charge >= 0.3 is 0 Å². The van der Waals surface area contributed by atoms with E-state index in [0.717, 1.165) is 36.2 Å². The Morgan fingerprint density at radius 1 is 1.17 bits per heavy atom. The number of benzene rings is 2. The first-order chi connectivity index (χ1) is 14.1. The van der Waals surface area contributed by atoms with Crippen molar-refractivity contribution in [1.82, 2.24) is 4.90 Å². The quantitative estimate of drug-likeness (QED) is 0.715. The van der Waals surface area contributed by atoms with Crippen LogP contribution in [0.4, 0.5) is 5.69 Å². The smallest absolute Gasteiger partial charge is 0.246 e. The molecule has 29 heavy (non-hydrogen) atoms. The van der Waals surface area contributed by atoms with E-state index >= 15 is 0 Å². The highest BCUT2D eigenvalue weighted by molar-refractivity contribution is 7.84. The molecule has 2 aromatic carbocycles. The van der Waals surface area contributed by atoms with E-state index in [4.69, 9.17) is 4.74 Å². The van der Waals surface area contributed by atoms with Crippen LogP contribution in [0.5, 0.6) is 0 Å². The van der Waals surface area contributed by atoms with Crippen molar-refractivity contribution in [3.8, 4) is 0 Å². The van der Waals surface area contributed by atoms with E-state index in [1.807, 2.05) is 73.5 Å². The van der Waals surface area contributed by atoms with Gasteiger partial charge in [0.25, 0.3) is 0 Å². The molecule has 0 bridgehead atoms. The maximum atomic E-state index is 13.1. The van der Waals surface area contributed by atoms with E-state index in [1.165, 1.54) is 0 Å². The van der Waals surface area contributed by atoms with Crippen molar-refractivity contribution in [2.45, 2.75) is 36.8 Å². The molecule has 2 unspecified atom stereocenters. The average Bonchev–Trinajstić information content (AvgIpc) is 2.75. The lowest BCUT2D eigenvalue weighted by atomic mass is 10.0. The SMILES string of the molecule is CCN(C)C(C(=O)Nc1cccc(CS(=O)C2CCOCC2)c1)c1ccccc1. The zero-order chi connectivity index (χ0) is 20.6. The number of rotatable bonds is 8. The van der Waals surface area contributed by atoms with E-state index in [2.05, 4.69) is 5.32 Å². The molecule has 1 amide bonds. The molecule has 1 aliphatic rings. The van der Waals surface area contributed by atoms with Gasteiger partial charge in [-0.1, -0.05) is 49.4 Å². The number of carbonyl (C=O) groups excluding carboxylic acids is 1. The van der Waals surface area contributed by atoms with Crippen LogP contribution in [0.3, 0.4) is 0 Å². The second kappa shape index (κ2) is 10.7. The summed E-state index contributed by atoms with van der Waals surface area (Å²) in [6.45, 7) is 4.18. The highest BCUT2D eigenvalue weighted by Crippen LogP contribution is 2.23.